The molecule has 0 amide bonds. The van der Waals surface area contributed by atoms with Crippen molar-refractivity contribution < 1.29 is 24.2 Å². The molecule has 1 rings (SSSR count). The van der Waals surface area contributed by atoms with Crippen LogP contribution in [0.5, 0.6) is 5.75 Å². The Bertz CT molecular complexity index is 465. The van der Waals surface area contributed by atoms with Crippen molar-refractivity contribution in [2.24, 2.45) is 0 Å². The predicted molar refractivity (Wildman–Crippen MR) is 74.0 cm³/mol. The third-order valence-corrected chi connectivity index (χ3v) is 2.92. The Kier molecular flexibility index (Phi) is 6.03. The van der Waals surface area contributed by atoms with E-state index in [2.05, 4.69) is 0 Å². The summed E-state index contributed by atoms with van der Waals surface area (Å²) >= 11 is 0. The first-order chi connectivity index (χ1) is 9.47. The maximum absolute atomic E-state index is 11.8. The van der Waals surface area contributed by atoms with Gasteiger partial charge in [0.1, 0.15) is 11.9 Å². The Hall–Kier alpha value is -2.04. The summed E-state index contributed by atoms with van der Waals surface area (Å²) in [6.07, 6.45) is 0.617. The summed E-state index contributed by atoms with van der Waals surface area (Å²) in [7, 11) is 0. The molecular weight excluding hydrogens is 260 g/mol. The second-order valence-corrected chi connectivity index (χ2v) is 4.47. The molecule has 5 nitrogen and oxygen atoms in total. The van der Waals surface area contributed by atoms with E-state index in [0.717, 1.165) is 12.8 Å². The number of carboxylic acids is 1. The Balaban J connectivity index is 2.65. The van der Waals surface area contributed by atoms with Gasteiger partial charge in [-0.15, -0.1) is 0 Å². The zero-order valence-electron chi connectivity index (χ0n) is 12.0. The fraction of sp³-hybridized carbons (Fsp3) is 0.467. The highest BCUT2D eigenvalue weighted by molar-refractivity contribution is 5.88. The van der Waals surface area contributed by atoms with Gasteiger partial charge in [-0.05, 0) is 38.0 Å². The van der Waals surface area contributed by atoms with Crippen molar-refractivity contribution in [3.8, 4) is 5.75 Å². The van der Waals surface area contributed by atoms with Crippen molar-refractivity contribution in [1.82, 2.24) is 0 Å². The molecule has 5 heteroatoms. The number of hydrogen-bond donors (Lipinski definition) is 1. The summed E-state index contributed by atoms with van der Waals surface area (Å²) in [5.74, 6) is -1.15. The van der Waals surface area contributed by atoms with E-state index in [1.165, 1.54) is 12.1 Å². The largest absolute Gasteiger partial charge is 0.479 e. The second-order valence-electron chi connectivity index (χ2n) is 4.47. The van der Waals surface area contributed by atoms with Gasteiger partial charge in [0.15, 0.2) is 6.10 Å². The number of esters is 1. The molecule has 0 aromatic heterocycles. The molecule has 0 bridgehead atoms. The average molecular weight is 280 g/mol. The molecule has 0 aliphatic rings. The minimum Gasteiger partial charge on any atom is -0.479 e. The SMILES string of the molecule is CCC(CC)OC(=O)C(C)Oc1cccc(C(=O)O)c1. The number of aromatic carboxylic acids is 1. The molecule has 0 saturated carbocycles. The molecule has 0 aliphatic heterocycles. The molecule has 1 aromatic rings. The van der Waals surface area contributed by atoms with Crippen LogP contribution in [0.1, 0.15) is 44.0 Å². The van der Waals surface area contributed by atoms with Crippen molar-refractivity contribution in [1.29, 1.82) is 0 Å². The first-order valence-electron chi connectivity index (χ1n) is 6.68. The van der Waals surface area contributed by atoms with E-state index in [4.69, 9.17) is 14.6 Å². The minimum absolute atomic E-state index is 0.112. The summed E-state index contributed by atoms with van der Waals surface area (Å²) in [6, 6.07) is 6.01. The molecule has 1 aromatic carbocycles. The van der Waals surface area contributed by atoms with Crippen LogP contribution in [0.4, 0.5) is 0 Å². The molecule has 0 fully saturated rings. The summed E-state index contributed by atoms with van der Waals surface area (Å²) in [5, 5.41) is 8.89. The molecule has 0 saturated heterocycles. The maximum atomic E-state index is 11.8. The zero-order chi connectivity index (χ0) is 15.1. The van der Waals surface area contributed by atoms with Gasteiger partial charge in [0.05, 0.1) is 5.56 Å². The van der Waals surface area contributed by atoms with E-state index < -0.39 is 18.0 Å². The lowest BCUT2D eigenvalue weighted by molar-refractivity contribution is -0.157. The topological polar surface area (TPSA) is 72.8 Å². The summed E-state index contributed by atoms with van der Waals surface area (Å²) in [4.78, 5) is 22.7. The molecule has 0 radical (unpaired) electrons. The molecule has 110 valence electrons. The van der Waals surface area contributed by atoms with Gasteiger partial charge < -0.3 is 14.6 Å². The lowest BCUT2D eigenvalue weighted by atomic mass is 10.2. The van der Waals surface area contributed by atoms with Crippen molar-refractivity contribution in [3.63, 3.8) is 0 Å². The van der Waals surface area contributed by atoms with Gasteiger partial charge in [0.2, 0.25) is 0 Å². The van der Waals surface area contributed by atoms with Crippen LogP contribution < -0.4 is 4.74 Å². The Labute approximate surface area is 118 Å². The van der Waals surface area contributed by atoms with Crippen LogP contribution in [0, 0.1) is 0 Å². The molecule has 1 atom stereocenters. The fourth-order valence-corrected chi connectivity index (χ4v) is 1.67. The fourth-order valence-electron chi connectivity index (χ4n) is 1.67. The van der Waals surface area contributed by atoms with Crippen molar-refractivity contribution in [3.05, 3.63) is 29.8 Å². The van der Waals surface area contributed by atoms with Gasteiger partial charge >= 0.3 is 11.9 Å². The first-order valence-corrected chi connectivity index (χ1v) is 6.68. The van der Waals surface area contributed by atoms with Crippen LogP contribution in [-0.2, 0) is 9.53 Å². The third-order valence-electron chi connectivity index (χ3n) is 2.92. The van der Waals surface area contributed by atoms with E-state index in [-0.39, 0.29) is 11.7 Å². The number of carbonyl (C=O) groups excluding carboxylic acids is 1. The lowest BCUT2D eigenvalue weighted by Crippen LogP contribution is -2.29. The standard InChI is InChI=1S/C15H20O5/c1-4-12(5-2)20-15(18)10(3)19-13-8-6-7-11(9-13)14(16)17/h6-10,12H,4-5H2,1-3H3,(H,16,17). The Morgan fingerprint density at radius 1 is 1.25 bits per heavy atom. The van der Waals surface area contributed by atoms with E-state index in [1.54, 1.807) is 19.1 Å². The molecule has 20 heavy (non-hydrogen) atoms. The molecule has 1 unspecified atom stereocenters. The summed E-state index contributed by atoms with van der Waals surface area (Å²) in [6.45, 7) is 5.48. The second kappa shape index (κ2) is 7.53. The quantitative estimate of drug-likeness (QED) is 0.777. The van der Waals surface area contributed by atoms with Crippen LogP contribution in [-0.4, -0.2) is 29.3 Å². The molecule has 0 aliphatic carbocycles. The monoisotopic (exact) mass is 280 g/mol. The number of carbonyl (C=O) groups is 2. The van der Waals surface area contributed by atoms with E-state index in [9.17, 15) is 9.59 Å². The normalized spacial score (nSPS) is 12.0. The van der Waals surface area contributed by atoms with Gasteiger partial charge in [-0.1, -0.05) is 19.9 Å². The van der Waals surface area contributed by atoms with Crippen LogP contribution in [0.25, 0.3) is 0 Å². The van der Waals surface area contributed by atoms with Crippen LogP contribution >= 0.6 is 0 Å². The van der Waals surface area contributed by atoms with Crippen molar-refractivity contribution in [2.45, 2.75) is 45.8 Å². The van der Waals surface area contributed by atoms with Gasteiger partial charge in [0.25, 0.3) is 0 Å². The summed E-state index contributed by atoms with van der Waals surface area (Å²) < 4.78 is 10.7. The third kappa shape index (κ3) is 4.57. The number of carboxylic acid groups (broad SMARTS) is 1. The Morgan fingerprint density at radius 2 is 1.90 bits per heavy atom. The van der Waals surface area contributed by atoms with Gasteiger partial charge in [-0.25, -0.2) is 9.59 Å². The van der Waals surface area contributed by atoms with Gasteiger partial charge in [0, 0.05) is 0 Å². The lowest BCUT2D eigenvalue weighted by Gasteiger charge is -2.18. The minimum atomic E-state index is -1.04. The Morgan fingerprint density at radius 3 is 2.45 bits per heavy atom. The molecule has 0 heterocycles. The number of hydrogen-bond acceptors (Lipinski definition) is 4. The zero-order valence-corrected chi connectivity index (χ0v) is 12.0. The van der Waals surface area contributed by atoms with Crippen LogP contribution in [0.15, 0.2) is 24.3 Å². The van der Waals surface area contributed by atoms with Crippen LogP contribution in [0.3, 0.4) is 0 Å². The number of benzene rings is 1. The molecule has 1 N–H and O–H groups in total. The molecule has 0 spiro atoms. The average Bonchev–Trinajstić information content (AvgIpc) is 2.44. The smallest absolute Gasteiger partial charge is 0.347 e. The highest BCUT2D eigenvalue weighted by Gasteiger charge is 2.20. The first kappa shape index (κ1) is 16.0. The van der Waals surface area contributed by atoms with Crippen LogP contribution in [0.2, 0.25) is 0 Å². The molecular formula is C15H20O5. The van der Waals surface area contributed by atoms with Crippen molar-refractivity contribution in [2.75, 3.05) is 0 Å². The highest BCUT2D eigenvalue weighted by Crippen LogP contribution is 2.16. The van der Waals surface area contributed by atoms with E-state index >= 15 is 0 Å². The van der Waals surface area contributed by atoms with E-state index in [1.807, 2.05) is 13.8 Å². The number of ether oxygens (including phenoxy) is 2. The van der Waals surface area contributed by atoms with Gasteiger partial charge in [-0.3, -0.25) is 0 Å². The van der Waals surface area contributed by atoms with E-state index in [0.29, 0.717) is 5.75 Å². The number of rotatable bonds is 7. The predicted octanol–water partition coefficient (Wildman–Crippen LogP) is 2.88. The maximum Gasteiger partial charge on any atom is 0.347 e. The highest BCUT2D eigenvalue weighted by atomic mass is 16.6. The summed E-state index contributed by atoms with van der Waals surface area (Å²) in [5.41, 5.74) is 0.114. The van der Waals surface area contributed by atoms with Crippen molar-refractivity contribution >= 4 is 11.9 Å². The van der Waals surface area contributed by atoms with Gasteiger partial charge in [-0.2, -0.15) is 0 Å².